The lowest BCUT2D eigenvalue weighted by atomic mass is 9.99. The van der Waals surface area contributed by atoms with Crippen LogP contribution in [0.1, 0.15) is 55.4 Å². The van der Waals surface area contributed by atoms with Gasteiger partial charge in [-0.15, -0.1) is 0 Å². The molecule has 2 heterocycles. The molecule has 4 aromatic rings. The van der Waals surface area contributed by atoms with Crippen molar-refractivity contribution in [2.75, 3.05) is 5.73 Å². The molecule has 0 saturated carbocycles. The third kappa shape index (κ3) is 4.35. The molecule has 0 bridgehead atoms. The van der Waals surface area contributed by atoms with Crippen LogP contribution in [0, 0.1) is 11.2 Å². The van der Waals surface area contributed by atoms with Crippen LogP contribution in [0.5, 0.6) is 0 Å². The Labute approximate surface area is 192 Å². The summed E-state index contributed by atoms with van der Waals surface area (Å²) in [5.41, 5.74) is 10.8. The minimum atomic E-state index is -1.11. The molecule has 0 spiro atoms. The molecular weight excluding hydrogens is 419 g/mol. The van der Waals surface area contributed by atoms with Gasteiger partial charge in [0.05, 0.1) is 11.2 Å². The number of anilines is 1. The number of aromatic nitrogens is 2. The minimum absolute atomic E-state index is 0.0207. The van der Waals surface area contributed by atoms with Gasteiger partial charge in [0, 0.05) is 39.8 Å². The lowest BCUT2D eigenvalue weighted by Gasteiger charge is -2.15. The van der Waals surface area contributed by atoms with Gasteiger partial charge in [-0.3, -0.25) is 0 Å². The Balaban J connectivity index is 0.00000149. The number of fused-ring (bicyclic) bond motifs is 1. The minimum Gasteiger partial charge on any atom is -0.477 e. The van der Waals surface area contributed by atoms with Crippen LogP contribution in [0.3, 0.4) is 0 Å². The maximum Gasteiger partial charge on any atom is 0.354 e. The molecule has 0 aliphatic heterocycles. The Bertz CT molecular complexity index is 1320. The molecule has 0 amide bonds. The maximum absolute atomic E-state index is 13.6. The van der Waals surface area contributed by atoms with Gasteiger partial charge in [0.1, 0.15) is 11.5 Å². The van der Waals surface area contributed by atoms with Gasteiger partial charge in [-0.2, -0.15) is 0 Å². The highest BCUT2D eigenvalue weighted by Crippen LogP contribution is 2.41. The van der Waals surface area contributed by atoms with Crippen molar-refractivity contribution in [3.8, 4) is 16.9 Å². The largest absolute Gasteiger partial charge is 0.477 e. The molecule has 6 nitrogen and oxygen atoms in total. The van der Waals surface area contributed by atoms with Crippen molar-refractivity contribution in [3.05, 3.63) is 77.4 Å². The van der Waals surface area contributed by atoms with Gasteiger partial charge in [-0.25, -0.2) is 14.2 Å². The van der Waals surface area contributed by atoms with Crippen molar-refractivity contribution >= 4 is 28.8 Å². The first-order chi connectivity index (χ1) is 15.8. The van der Waals surface area contributed by atoms with Crippen molar-refractivity contribution in [2.45, 2.75) is 33.6 Å². The quantitative estimate of drug-likeness (QED) is 0.248. The number of nitrogens with zero attached hydrogens (tertiary/aromatic N) is 2. The number of aromatic carboxylic acids is 1. The predicted molar refractivity (Wildman–Crippen MR) is 131 cm³/mol. The van der Waals surface area contributed by atoms with E-state index in [0.29, 0.717) is 16.9 Å². The highest BCUT2D eigenvalue weighted by molar-refractivity contribution is 6.04. The number of hydrogen-bond donors (Lipinski definition) is 3. The number of nitrogens with two attached hydrogens (primary N) is 1. The van der Waals surface area contributed by atoms with Crippen LogP contribution in [0.15, 0.2) is 54.6 Å². The van der Waals surface area contributed by atoms with Crippen LogP contribution in [-0.4, -0.2) is 26.8 Å². The summed E-state index contributed by atoms with van der Waals surface area (Å²) < 4.78 is 15.6. The van der Waals surface area contributed by atoms with E-state index in [9.17, 15) is 14.3 Å². The average molecular weight is 447 g/mol. The van der Waals surface area contributed by atoms with E-state index in [1.54, 1.807) is 30.3 Å². The Kier molecular flexibility index (Phi) is 6.92. The summed E-state index contributed by atoms with van der Waals surface area (Å²) in [5, 5.41) is 17.9. The van der Waals surface area contributed by atoms with E-state index >= 15 is 0 Å². The fourth-order valence-corrected chi connectivity index (χ4v) is 3.89. The highest BCUT2D eigenvalue weighted by Gasteiger charge is 2.24. The van der Waals surface area contributed by atoms with Crippen molar-refractivity contribution in [1.29, 1.82) is 5.41 Å². The molecule has 0 saturated heterocycles. The number of benzene rings is 2. The number of pyridine rings is 1. The Morgan fingerprint density at radius 3 is 2.39 bits per heavy atom. The van der Waals surface area contributed by atoms with Crippen LogP contribution in [0.4, 0.5) is 10.1 Å². The summed E-state index contributed by atoms with van der Waals surface area (Å²) in [6, 6.07) is 14.6. The third-order valence-corrected chi connectivity index (χ3v) is 5.22. The number of carboxylic acids is 1. The number of carboxylic acid groups (broad SMARTS) is 1. The molecule has 4 rings (SSSR count). The van der Waals surface area contributed by atoms with E-state index in [-0.39, 0.29) is 17.4 Å². The highest BCUT2D eigenvalue weighted by atomic mass is 19.1. The van der Waals surface area contributed by atoms with E-state index in [1.807, 2.05) is 38.3 Å². The fourth-order valence-electron chi connectivity index (χ4n) is 3.89. The number of rotatable bonds is 5. The van der Waals surface area contributed by atoms with Gasteiger partial charge in [-0.1, -0.05) is 33.8 Å². The van der Waals surface area contributed by atoms with E-state index in [0.717, 1.165) is 27.8 Å². The first-order valence-electron chi connectivity index (χ1n) is 10.8. The molecule has 0 aliphatic carbocycles. The van der Waals surface area contributed by atoms with Gasteiger partial charge in [-0.05, 0) is 54.4 Å². The van der Waals surface area contributed by atoms with Gasteiger partial charge in [0.2, 0.25) is 0 Å². The summed E-state index contributed by atoms with van der Waals surface area (Å²) in [7, 11) is 0. The number of nitrogens with one attached hydrogen (secondary N) is 1. The lowest BCUT2D eigenvalue weighted by molar-refractivity contribution is 0.0690. The SMILES string of the molecule is CC.CC(C)c1c(-c2cccc(C(=O)O)n2)c2cc(N)c(C=N)cc2n1-c1ccc(F)cc1. The molecule has 170 valence electrons. The van der Waals surface area contributed by atoms with Gasteiger partial charge < -0.3 is 20.8 Å². The Morgan fingerprint density at radius 1 is 1.15 bits per heavy atom. The molecule has 0 unspecified atom stereocenters. The topological polar surface area (TPSA) is 105 Å². The second kappa shape index (κ2) is 9.65. The molecule has 0 aliphatic rings. The van der Waals surface area contributed by atoms with E-state index in [4.69, 9.17) is 11.1 Å². The second-order valence-corrected chi connectivity index (χ2v) is 7.58. The zero-order valence-electron chi connectivity index (χ0n) is 19.1. The maximum atomic E-state index is 13.6. The molecule has 2 aromatic heterocycles. The summed E-state index contributed by atoms with van der Waals surface area (Å²) in [6.45, 7) is 8.05. The first-order valence-corrected chi connectivity index (χ1v) is 10.8. The zero-order valence-corrected chi connectivity index (χ0v) is 19.1. The molecule has 7 heteroatoms. The normalized spacial score (nSPS) is 10.7. The second-order valence-electron chi connectivity index (χ2n) is 7.58. The van der Waals surface area contributed by atoms with E-state index in [1.165, 1.54) is 24.4 Å². The average Bonchev–Trinajstić information content (AvgIpc) is 3.14. The zero-order chi connectivity index (χ0) is 24.3. The molecule has 4 N–H and O–H groups in total. The summed E-state index contributed by atoms with van der Waals surface area (Å²) in [5.74, 6) is -1.43. The molecule has 2 aromatic carbocycles. The van der Waals surface area contributed by atoms with Crippen LogP contribution < -0.4 is 5.73 Å². The molecule has 33 heavy (non-hydrogen) atoms. The molecule has 0 atom stereocenters. The summed E-state index contributed by atoms with van der Waals surface area (Å²) in [4.78, 5) is 15.9. The molecule has 0 radical (unpaired) electrons. The van der Waals surface area contributed by atoms with Gasteiger partial charge >= 0.3 is 5.97 Å². The Morgan fingerprint density at radius 2 is 1.82 bits per heavy atom. The smallest absolute Gasteiger partial charge is 0.354 e. The van der Waals surface area contributed by atoms with Crippen molar-refractivity contribution in [3.63, 3.8) is 0 Å². The fraction of sp³-hybridized carbons (Fsp3) is 0.192. The van der Waals surface area contributed by atoms with Crippen LogP contribution in [0.2, 0.25) is 0 Å². The first kappa shape index (κ1) is 23.7. The lowest BCUT2D eigenvalue weighted by Crippen LogP contribution is -2.05. The monoisotopic (exact) mass is 446 g/mol. The number of carbonyl (C=O) groups is 1. The van der Waals surface area contributed by atoms with Crippen molar-refractivity contribution < 1.29 is 14.3 Å². The molecular formula is C26H27FN4O2. The standard InChI is InChI=1S/C24H21FN4O2.C2H6/c1-13(2)23-22(19-4-3-5-20(28-19)24(30)31)17-11-18(27)14(12-26)10-21(17)29(23)16-8-6-15(25)7-9-16;1-2/h3-13,26H,27H2,1-2H3,(H,30,31);1-2H3. The van der Waals surface area contributed by atoms with Gasteiger partial charge in [0.25, 0.3) is 0 Å². The van der Waals surface area contributed by atoms with Crippen LogP contribution in [0.25, 0.3) is 27.8 Å². The summed E-state index contributed by atoms with van der Waals surface area (Å²) >= 11 is 0. The van der Waals surface area contributed by atoms with E-state index in [2.05, 4.69) is 4.98 Å². The van der Waals surface area contributed by atoms with Crippen LogP contribution in [-0.2, 0) is 0 Å². The Hall–Kier alpha value is -4.00. The molecule has 0 fully saturated rings. The third-order valence-electron chi connectivity index (χ3n) is 5.22. The van der Waals surface area contributed by atoms with Crippen molar-refractivity contribution in [1.82, 2.24) is 9.55 Å². The number of hydrogen-bond acceptors (Lipinski definition) is 4. The summed E-state index contributed by atoms with van der Waals surface area (Å²) in [6.07, 6.45) is 1.19. The van der Waals surface area contributed by atoms with Gasteiger partial charge in [0.15, 0.2) is 0 Å². The van der Waals surface area contributed by atoms with E-state index < -0.39 is 5.97 Å². The van der Waals surface area contributed by atoms with Crippen molar-refractivity contribution in [2.24, 2.45) is 0 Å². The van der Waals surface area contributed by atoms with Crippen LogP contribution >= 0.6 is 0 Å². The number of halogens is 1. The predicted octanol–water partition coefficient (Wildman–Crippen LogP) is 6.26. The number of nitrogen functional groups attached to an aromatic ring is 1.